The number of rotatable bonds is 4. The van der Waals surface area contributed by atoms with Crippen molar-refractivity contribution in [1.82, 2.24) is 9.73 Å². The smallest absolute Gasteiger partial charge is 0.267 e. The Hall–Kier alpha value is -2.23. The number of carbonyl (C=O) groups excluding carboxylic acids is 1. The third-order valence-electron chi connectivity index (χ3n) is 5.19. The zero-order chi connectivity index (χ0) is 21.1. The average Bonchev–Trinajstić information content (AvgIpc) is 2.78. The molecular formula is C21H22FN3O3S2. The van der Waals surface area contributed by atoms with Gasteiger partial charge in [-0.2, -0.15) is 9.41 Å². The fraction of sp³-hybridized carbons (Fsp3) is 0.333. The number of halogens is 1. The van der Waals surface area contributed by atoms with Crippen molar-refractivity contribution in [3.8, 4) is 0 Å². The van der Waals surface area contributed by atoms with Gasteiger partial charge in [0.25, 0.3) is 5.91 Å². The molecule has 0 atom stereocenters. The molecule has 30 heavy (non-hydrogen) atoms. The van der Waals surface area contributed by atoms with Crippen LogP contribution in [0.15, 0.2) is 57.4 Å². The lowest BCUT2D eigenvalue weighted by Gasteiger charge is -2.26. The Morgan fingerprint density at radius 3 is 2.70 bits per heavy atom. The summed E-state index contributed by atoms with van der Waals surface area (Å²) in [5.74, 6) is -0.0723. The molecule has 0 aromatic heterocycles. The largest absolute Gasteiger partial charge is 0.271 e. The number of hydrogen-bond donors (Lipinski definition) is 1. The highest BCUT2D eigenvalue weighted by molar-refractivity contribution is 7.99. The minimum Gasteiger partial charge on any atom is -0.267 e. The van der Waals surface area contributed by atoms with E-state index in [-0.39, 0.29) is 16.3 Å². The van der Waals surface area contributed by atoms with Gasteiger partial charge in [-0.15, -0.1) is 11.8 Å². The summed E-state index contributed by atoms with van der Waals surface area (Å²) in [6, 6.07) is 10.5. The highest BCUT2D eigenvalue weighted by Crippen LogP contribution is 2.30. The van der Waals surface area contributed by atoms with Gasteiger partial charge in [-0.05, 0) is 49.2 Å². The van der Waals surface area contributed by atoms with Gasteiger partial charge in [0.15, 0.2) is 0 Å². The van der Waals surface area contributed by atoms with E-state index in [0.717, 1.165) is 29.9 Å². The van der Waals surface area contributed by atoms with Crippen LogP contribution in [0.5, 0.6) is 0 Å². The molecule has 1 N–H and O–H groups in total. The summed E-state index contributed by atoms with van der Waals surface area (Å²) in [4.78, 5) is 13.6. The molecule has 2 aliphatic rings. The second-order valence-corrected chi connectivity index (χ2v) is 10.3. The molecule has 2 aromatic rings. The first kappa shape index (κ1) is 21.0. The molecule has 4 rings (SSSR count). The van der Waals surface area contributed by atoms with Crippen molar-refractivity contribution in [2.45, 2.75) is 35.5 Å². The summed E-state index contributed by atoms with van der Waals surface area (Å²) < 4.78 is 40.8. The third-order valence-corrected chi connectivity index (χ3v) is 8.16. The maximum absolute atomic E-state index is 13.6. The monoisotopic (exact) mass is 447 g/mol. The number of thioether (sulfide) groups is 1. The molecule has 0 spiro atoms. The van der Waals surface area contributed by atoms with Gasteiger partial charge in [0, 0.05) is 41.3 Å². The van der Waals surface area contributed by atoms with Crippen LogP contribution in [0.4, 0.5) is 4.39 Å². The predicted octanol–water partition coefficient (Wildman–Crippen LogP) is 3.63. The topological polar surface area (TPSA) is 78.8 Å². The fourth-order valence-corrected chi connectivity index (χ4v) is 6.17. The zero-order valence-electron chi connectivity index (χ0n) is 16.3. The molecule has 9 heteroatoms. The van der Waals surface area contributed by atoms with Gasteiger partial charge in [0.05, 0.1) is 10.6 Å². The maximum Gasteiger partial charge on any atom is 0.271 e. The third kappa shape index (κ3) is 4.43. The lowest BCUT2D eigenvalue weighted by Crippen LogP contribution is -2.35. The van der Waals surface area contributed by atoms with Crippen molar-refractivity contribution in [3.63, 3.8) is 0 Å². The number of amides is 1. The summed E-state index contributed by atoms with van der Waals surface area (Å²) in [7, 11) is -3.63. The molecule has 0 unspecified atom stereocenters. The van der Waals surface area contributed by atoms with Crippen LogP contribution in [0.3, 0.4) is 0 Å². The zero-order valence-corrected chi connectivity index (χ0v) is 17.9. The van der Waals surface area contributed by atoms with Crippen LogP contribution in [-0.2, 0) is 10.0 Å². The predicted molar refractivity (Wildman–Crippen MR) is 115 cm³/mol. The van der Waals surface area contributed by atoms with E-state index >= 15 is 0 Å². The number of piperidine rings is 1. The van der Waals surface area contributed by atoms with Gasteiger partial charge in [0.2, 0.25) is 10.0 Å². The molecule has 0 bridgehead atoms. The molecule has 1 amide bonds. The lowest BCUT2D eigenvalue weighted by molar-refractivity contribution is 0.0954. The van der Waals surface area contributed by atoms with E-state index in [2.05, 4.69) is 10.5 Å². The van der Waals surface area contributed by atoms with E-state index in [1.54, 1.807) is 30.0 Å². The number of nitrogens with one attached hydrogen (secondary N) is 1. The van der Waals surface area contributed by atoms with Gasteiger partial charge in [0.1, 0.15) is 5.82 Å². The van der Waals surface area contributed by atoms with Crippen molar-refractivity contribution >= 4 is 33.4 Å². The molecule has 0 saturated carbocycles. The van der Waals surface area contributed by atoms with Gasteiger partial charge < -0.3 is 0 Å². The number of nitrogens with zero attached hydrogens (tertiary/aromatic N) is 2. The van der Waals surface area contributed by atoms with Crippen LogP contribution in [0, 0.1) is 5.82 Å². The minimum atomic E-state index is -3.63. The Morgan fingerprint density at radius 1 is 1.10 bits per heavy atom. The molecule has 0 aliphatic carbocycles. The Morgan fingerprint density at radius 2 is 1.90 bits per heavy atom. The molecule has 2 aromatic carbocycles. The SMILES string of the molecule is O=C(N/N=C1\CCSc2ccc(F)cc21)c1cccc(S(=O)(=O)N2CCCCC2)c1. The van der Waals surface area contributed by atoms with Crippen LogP contribution in [0.25, 0.3) is 0 Å². The van der Waals surface area contributed by atoms with Crippen molar-refractivity contribution < 1.29 is 17.6 Å². The highest BCUT2D eigenvalue weighted by Gasteiger charge is 2.26. The summed E-state index contributed by atoms with van der Waals surface area (Å²) in [6.07, 6.45) is 3.32. The highest BCUT2D eigenvalue weighted by atomic mass is 32.2. The van der Waals surface area contributed by atoms with Crippen molar-refractivity contribution in [2.24, 2.45) is 5.10 Å². The average molecular weight is 448 g/mol. The van der Waals surface area contributed by atoms with Crippen molar-refractivity contribution in [2.75, 3.05) is 18.8 Å². The van der Waals surface area contributed by atoms with Crippen molar-refractivity contribution in [1.29, 1.82) is 0 Å². The van der Waals surface area contributed by atoms with E-state index in [1.807, 2.05) is 0 Å². The summed E-state index contributed by atoms with van der Waals surface area (Å²) >= 11 is 1.62. The lowest BCUT2D eigenvalue weighted by atomic mass is 10.1. The summed E-state index contributed by atoms with van der Waals surface area (Å²) in [6.45, 7) is 1.00. The molecule has 0 radical (unpaired) electrons. The molecule has 1 saturated heterocycles. The molecule has 2 aliphatic heterocycles. The summed E-state index contributed by atoms with van der Waals surface area (Å²) in [5.41, 5.74) is 3.99. The van der Waals surface area contributed by atoms with E-state index in [1.165, 1.54) is 28.6 Å². The van der Waals surface area contributed by atoms with Gasteiger partial charge in [-0.1, -0.05) is 12.5 Å². The van der Waals surface area contributed by atoms with Crippen LogP contribution >= 0.6 is 11.8 Å². The molecule has 158 valence electrons. The van der Waals surface area contributed by atoms with E-state index < -0.39 is 15.9 Å². The fourth-order valence-electron chi connectivity index (χ4n) is 3.60. The Kier molecular flexibility index (Phi) is 6.21. The molecule has 6 nitrogen and oxygen atoms in total. The number of fused-ring (bicyclic) bond motifs is 1. The first-order valence-electron chi connectivity index (χ1n) is 9.85. The van der Waals surface area contributed by atoms with Crippen LogP contribution < -0.4 is 5.43 Å². The summed E-state index contributed by atoms with van der Waals surface area (Å²) in [5, 5.41) is 4.20. The Bertz CT molecular complexity index is 1100. The van der Waals surface area contributed by atoms with Gasteiger partial charge >= 0.3 is 0 Å². The van der Waals surface area contributed by atoms with E-state index in [0.29, 0.717) is 30.8 Å². The first-order valence-corrected chi connectivity index (χ1v) is 12.3. The maximum atomic E-state index is 13.6. The number of sulfonamides is 1. The molecule has 2 heterocycles. The Labute approximate surface area is 179 Å². The van der Waals surface area contributed by atoms with Gasteiger partial charge in [-0.3, -0.25) is 4.79 Å². The number of hydrazone groups is 1. The normalized spacial score (nSPS) is 18.8. The van der Waals surface area contributed by atoms with Crippen LogP contribution in [0.1, 0.15) is 41.6 Å². The standard InChI is InChI=1S/C21H22FN3O3S2/c22-16-7-8-20-18(14-16)19(9-12-29-20)23-24-21(26)15-5-4-6-17(13-15)30(27,28)25-10-2-1-3-11-25/h4-8,13-14H,1-3,9-12H2,(H,24,26)/b23-19+. The minimum absolute atomic E-state index is 0.103. The van der Waals surface area contributed by atoms with E-state index in [9.17, 15) is 17.6 Å². The van der Waals surface area contributed by atoms with Crippen LogP contribution in [-0.4, -0.2) is 43.2 Å². The van der Waals surface area contributed by atoms with Gasteiger partial charge in [-0.25, -0.2) is 18.2 Å². The quantitative estimate of drug-likeness (QED) is 0.726. The molecule has 1 fully saturated rings. The Balaban J connectivity index is 1.53. The number of hydrogen-bond acceptors (Lipinski definition) is 5. The number of carbonyl (C=O) groups is 1. The number of benzene rings is 2. The second kappa shape index (κ2) is 8.87. The first-order chi connectivity index (χ1) is 14.4. The van der Waals surface area contributed by atoms with Crippen molar-refractivity contribution in [3.05, 3.63) is 59.4 Å². The second-order valence-electron chi connectivity index (χ2n) is 7.23. The van der Waals surface area contributed by atoms with Crippen LogP contribution in [0.2, 0.25) is 0 Å². The van der Waals surface area contributed by atoms with E-state index in [4.69, 9.17) is 0 Å². The molecular weight excluding hydrogens is 425 g/mol.